The molecule has 17 heavy (non-hydrogen) atoms. The quantitative estimate of drug-likeness (QED) is 0.794. The van der Waals surface area contributed by atoms with Gasteiger partial charge in [-0.3, -0.25) is 4.79 Å². The maximum Gasteiger partial charge on any atom is 0.246 e. The molecule has 0 bridgehead atoms. The van der Waals surface area contributed by atoms with Crippen molar-refractivity contribution >= 4 is 5.91 Å². The van der Waals surface area contributed by atoms with E-state index < -0.39 is 0 Å². The van der Waals surface area contributed by atoms with E-state index in [-0.39, 0.29) is 5.91 Å². The van der Waals surface area contributed by atoms with Gasteiger partial charge in [0.1, 0.15) is 5.75 Å². The van der Waals surface area contributed by atoms with Crippen LogP contribution in [0.3, 0.4) is 0 Å². The Morgan fingerprint density at radius 2 is 2.24 bits per heavy atom. The number of ether oxygens (including phenoxy) is 1. The van der Waals surface area contributed by atoms with E-state index in [2.05, 4.69) is 5.32 Å². The maximum atomic E-state index is 11.7. The van der Waals surface area contributed by atoms with Crippen molar-refractivity contribution in [2.45, 2.75) is 26.8 Å². The van der Waals surface area contributed by atoms with Gasteiger partial charge in [0, 0.05) is 12.1 Å². The summed E-state index contributed by atoms with van der Waals surface area (Å²) in [4.78, 5) is 11.7. The molecular formula is C14H19NO2. The van der Waals surface area contributed by atoms with E-state index in [1.165, 1.54) is 0 Å². The Bertz CT molecular complexity index is 410. The number of carbonyl (C=O) groups excluding carboxylic acids is 1. The largest absolute Gasteiger partial charge is 0.497 e. The summed E-state index contributed by atoms with van der Waals surface area (Å²) in [5, 5.41) is 2.87. The number of carbonyl (C=O) groups is 1. The lowest BCUT2D eigenvalue weighted by Gasteiger charge is -2.07. The van der Waals surface area contributed by atoms with Crippen LogP contribution in [0.2, 0.25) is 0 Å². The van der Waals surface area contributed by atoms with Crippen LogP contribution in [0.15, 0.2) is 35.9 Å². The molecule has 0 aliphatic rings. The molecule has 92 valence electrons. The molecular weight excluding hydrogens is 214 g/mol. The lowest BCUT2D eigenvalue weighted by molar-refractivity contribution is -0.117. The van der Waals surface area contributed by atoms with Crippen LogP contribution in [0.5, 0.6) is 5.75 Å². The Hall–Kier alpha value is -1.77. The van der Waals surface area contributed by atoms with Crippen molar-refractivity contribution < 1.29 is 9.53 Å². The van der Waals surface area contributed by atoms with E-state index in [1.807, 2.05) is 44.2 Å². The summed E-state index contributed by atoms with van der Waals surface area (Å²) in [6.07, 6.45) is 2.79. The highest BCUT2D eigenvalue weighted by atomic mass is 16.5. The number of allylic oxidation sites excluding steroid dienone is 1. The van der Waals surface area contributed by atoms with Gasteiger partial charge in [-0.15, -0.1) is 0 Å². The number of methoxy groups -OCH3 is 1. The van der Waals surface area contributed by atoms with Crippen LogP contribution in [0.25, 0.3) is 0 Å². The normalized spacial score (nSPS) is 11.1. The number of hydrogen-bond acceptors (Lipinski definition) is 2. The van der Waals surface area contributed by atoms with Crippen LogP contribution < -0.4 is 10.1 Å². The minimum atomic E-state index is -0.0188. The molecule has 0 atom stereocenters. The van der Waals surface area contributed by atoms with Crippen molar-refractivity contribution in [1.29, 1.82) is 0 Å². The van der Waals surface area contributed by atoms with Crippen molar-refractivity contribution in [3.05, 3.63) is 41.5 Å². The first-order valence-corrected chi connectivity index (χ1v) is 5.75. The van der Waals surface area contributed by atoms with E-state index in [0.717, 1.165) is 23.3 Å². The Kier molecular flexibility index (Phi) is 5.27. The van der Waals surface area contributed by atoms with Crippen LogP contribution in [0.1, 0.15) is 25.8 Å². The van der Waals surface area contributed by atoms with Crippen molar-refractivity contribution in [3.63, 3.8) is 0 Å². The molecule has 1 rings (SSSR count). The minimum absolute atomic E-state index is 0.0188. The van der Waals surface area contributed by atoms with Gasteiger partial charge in [0.15, 0.2) is 0 Å². The Balaban J connectivity index is 2.55. The summed E-state index contributed by atoms with van der Waals surface area (Å²) in [7, 11) is 1.63. The van der Waals surface area contributed by atoms with Gasteiger partial charge < -0.3 is 10.1 Å². The van der Waals surface area contributed by atoms with E-state index in [4.69, 9.17) is 4.74 Å². The standard InChI is InChI=1S/C14H19NO2/c1-4-6-11(2)14(16)15-10-12-7-5-8-13(9-12)17-3/h5-9H,4,10H2,1-3H3,(H,15,16)/b11-6-. The van der Waals surface area contributed by atoms with Crippen molar-refractivity contribution in [1.82, 2.24) is 5.32 Å². The highest BCUT2D eigenvalue weighted by Gasteiger charge is 2.03. The van der Waals surface area contributed by atoms with Crippen LogP contribution >= 0.6 is 0 Å². The second-order valence-corrected chi connectivity index (χ2v) is 3.83. The zero-order valence-corrected chi connectivity index (χ0v) is 10.6. The Morgan fingerprint density at radius 1 is 1.47 bits per heavy atom. The summed E-state index contributed by atoms with van der Waals surface area (Å²) >= 11 is 0. The molecule has 0 aromatic heterocycles. The molecule has 0 heterocycles. The van der Waals surface area contributed by atoms with E-state index in [1.54, 1.807) is 7.11 Å². The van der Waals surface area contributed by atoms with Gasteiger partial charge in [0.2, 0.25) is 5.91 Å². The fraction of sp³-hybridized carbons (Fsp3) is 0.357. The number of amides is 1. The molecule has 0 spiro atoms. The van der Waals surface area contributed by atoms with Gasteiger partial charge in [-0.25, -0.2) is 0 Å². The average molecular weight is 233 g/mol. The highest BCUT2D eigenvalue weighted by Crippen LogP contribution is 2.12. The van der Waals surface area contributed by atoms with Gasteiger partial charge >= 0.3 is 0 Å². The lowest BCUT2D eigenvalue weighted by Crippen LogP contribution is -2.23. The van der Waals surface area contributed by atoms with Gasteiger partial charge in [0.25, 0.3) is 0 Å². The third-order valence-corrected chi connectivity index (χ3v) is 2.46. The molecule has 1 N–H and O–H groups in total. The summed E-state index contributed by atoms with van der Waals surface area (Å²) in [6, 6.07) is 7.67. The summed E-state index contributed by atoms with van der Waals surface area (Å²) in [5.74, 6) is 0.784. The maximum absolute atomic E-state index is 11.7. The van der Waals surface area contributed by atoms with Crippen LogP contribution in [0.4, 0.5) is 0 Å². The molecule has 3 heteroatoms. The molecule has 0 fully saturated rings. The third kappa shape index (κ3) is 4.31. The van der Waals surface area contributed by atoms with Crippen molar-refractivity contribution in [2.24, 2.45) is 0 Å². The first kappa shape index (κ1) is 13.3. The van der Waals surface area contributed by atoms with Crippen molar-refractivity contribution in [3.8, 4) is 5.75 Å². The summed E-state index contributed by atoms with van der Waals surface area (Å²) < 4.78 is 5.12. The second kappa shape index (κ2) is 6.74. The molecule has 3 nitrogen and oxygen atoms in total. The van der Waals surface area contributed by atoms with Crippen LogP contribution in [-0.2, 0) is 11.3 Å². The van der Waals surface area contributed by atoms with Crippen LogP contribution in [-0.4, -0.2) is 13.0 Å². The molecule has 1 aromatic carbocycles. The Morgan fingerprint density at radius 3 is 2.88 bits per heavy atom. The average Bonchev–Trinajstić information content (AvgIpc) is 2.36. The molecule has 0 unspecified atom stereocenters. The van der Waals surface area contributed by atoms with Gasteiger partial charge in [-0.1, -0.05) is 25.1 Å². The lowest BCUT2D eigenvalue weighted by atomic mass is 10.2. The molecule has 1 amide bonds. The minimum Gasteiger partial charge on any atom is -0.497 e. The smallest absolute Gasteiger partial charge is 0.246 e. The topological polar surface area (TPSA) is 38.3 Å². The molecule has 1 aromatic rings. The third-order valence-electron chi connectivity index (χ3n) is 2.46. The number of hydrogen-bond donors (Lipinski definition) is 1. The first-order chi connectivity index (χ1) is 8.17. The first-order valence-electron chi connectivity index (χ1n) is 5.75. The summed E-state index contributed by atoms with van der Waals surface area (Å²) in [6.45, 7) is 4.36. The van der Waals surface area contributed by atoms with E-state index >= 15 is 0 Å². The monoisotopic (exact) mass is 233 g/mol. The van der Waals surface area contributed by atoms with Gasteiger partial charge in [-0.05, 0) is 31.0 Å². The molecule has 0 saturated carbocycles. The van der Waals surface area contributed by atoms with Gasteiger partial charge in [-0.2, -0.15) is 0 Å². The summed E-state index contributed by atoms with van der Waals surface area (Å²) in [5.41, 5.74) is 1.79. The molecule has 0 saturated heterocycles. The number of rotatable bonds is 5. The predicted octanol–water partition coefficient (Wildman–Crippen LogP) is 2.67. The fourth-order valence-corrected chi connectivity index (χ4v) is 1.50. The fourth-order valence-electron chi connectivity index (χ4n) is 1.50. The zero-order chi connectivity index (χ0) is 12.7. The second-order valence-electron chi connectivity index (χ2n) is 3.83. The Labute approximate surface area is 102 Å². The molecule has 0 aliphatic carbocycles. The van der Waals surface area contributed by atoms with Crippen molar-refractivity contribution in [2.75, 3.05) is 7.11 Å². The van der Waals surface area contributed by atoms with Gasteiger partial charge in [0.05, 0.1) is 7.11 Å². The molecule has 0 aliphatic heterocycles. The molecule has 0 radical (unpaired) electrons. The number of benzene rings is 1. The highest BCUT2D eigenvalue weighted by molar-refractivity contribution is 5.92. The van der Waals surface area contributed by atoms with Crippen LogP contribution in [0, 0.1) is 0 Å². The SMILES string of the molecule is CC/C=C(/C)C(=O)NCc1cccc(OC)c1. The van der Waals surface area contributed by atoms with E-state index in [0.29, 0.717) is 6.54 Å². The number of nitrogens with one attached hydrogen (secondary N) is 1. The predicted molar refractivity (Wildman–Crippen MR) is 68.9 cm³/mol. The zero-order valence-electron chi connectivity index (χ0n) is 10.6. The van der Waals surface area contributed by atoms with E-state index in [9.17, 15) is 4.79 Å².